The average Bonchev–Trinajstić information content (AvgIpc) is 3.31. The van der Waals surface area contributed by atoms with Gasteiger partial charge in [0.1, 0.15) is 5.75 Å². The predicted molar refractivity (Wildman–Crippen MR) is 131 cm³/mol. The summed E-state index contributed by atoms with van der Waals surface area (Å²) < 4.78 is 5.54. The summed E-state index contributed by atoms with van der Waals surface area (Å²) in [7, 11) is 0. The zero-order chi connectivity index (χ0) is 24.9. The lowest BCUT2D eigenvalue weighted by Crippen LogP contribution is -2.30. The fourth-order valence-corrected chi connectivity index (χ4v) is 5.38. The lowest BCUT2D eigenvalue weighted by molar-refractivity contribution is -0.139. The molecular weight excluding hydrogens is 444 g/mol. The van der Waals surface area contributed by atoms with Crippen LogP contribution in [0.15, 0.2) is 54.1 Å². The highest BCUT2D eigenvalue weighted by atomic mass is 16.5. The van der Waals surface area contributed by atoms with Crippen LogP contribution in [0.4, 0.5) is 11.4 Å². The summed E-state index contributed by atoms with van der Waals surface area (Å²) in [5.74, 6) is -1.79. The fourth-order valence-electron chi connectivity index (χ4n) is 5.38. The van der Waals surface area contributed by atoms with Crippen LogP contribution < -0.4 is 14.5 Å². The number of hydrogen-bond donors (Lipinski definition) is 0. The molecule has 3 aliphatic rings. The maximum absolute atomic E-state index is 12.9. The zero-order valence-corrected chi connectivity index (χ0v) is 20.1. The molecule has 0 unspecified atom stereocenters. The van der Waals surface area contributed by atoms with Crippen molar-refractivity contribution < 1.29 is 23.9 Å². The Bertz CT molecular complexity index is 1240. The Morgan fingerprint density at radius 1 is 0.857 bits per heavy atom. The summed E-state index contributed by atoms with van der Waals surface area (Å²) in [5.41, 5.74) is 4.51. The molecule has 180 valence electrons. The molecule has 0 radical (unpaired) electrons. The largest absolute Gasteiger partial charge is 0.426 e. The van der Waals surface area contributed by atoms with Crippen LogP contribution in [0.2, 0.25) is 0 Å². The quantitative estimate of drug-likeness (QED) is 0.289. The molecule has 2 saturated heterocycles. The van der Waals surface area contributed by atoms with Gasteiger partial charge in [-0.3, -0.25) is 24.1 Å². The summed E-state index contributed by atoms with van der Waals surface area (Å²) in [6, 6.07) is 12.3. The monoisotopic (exact) mass is 472 g/mol. The number of imide groups is 1. The molecule has 0 aromatic heterocycles. The van der Waals surface area contributed by atoms with Crippen LogP contribution in [0.25, 0.3) is 0 Å². The summed E-state index contributed by atoms with van der Waals surface area (Å²) in [5, 5.41) is 0. The van der Waals surface area contributed by atoms with E-state index < -0.39 is 11.9 Å². The van der Waals surface area contributed by atoms with Crippen molar-refractivity contribution in [3.63, 3.8) is 0 Å². The number of amides is 3. The van der Waals surface area contributed by atoms with E-state index in [0.717, 1.165) is 22.4 Å². The molecule has 0 N–H and O–H groups in total. The standard InChI is InChI=1S/C28H28N2O5/c1-16-4-9-23-24(13-16)27(33)30(26(23)32)20-5-7-22(8-6-20)35-28(34)19-14-25(31)29(15-19)21-11-17(2)10-18(3)12-21/h4-8,10-12,19,23-24H,9,13-15H2,1-3H3/t19-,23-,24+/m0/s1. The first-order valence-corrected chi connectivity index (χ1v) is 11.9. The molecule has 2 fully saturated rings. The molecule has 2 aromatic rings. The van der Waals surface area contributed by atoms with Crippen LogP contribution in [0.3, 0.4) is 0 Å². The molecule has 35 heavy (non-hydrogen) atoms. The zero-order valence-electron chi connectivity index (χ0n) is 20.1. The van der Waals surface area contributed by atoms with Crippen molar-refractivity contribution >= 4 is 35.1 Å². The molecule has 2 heterocycles. The van der Waals surface area contributed by atoms with Gasteiger partial charge in [0, 0.05) is 18.7 Å². The second-order valence-corrected chi connectivity index (χ2v) is 9.88. The number of benzene rings is 2. The van der Waals surface area contributed by atoms with Gasteiger partial charge in [0.15, 0.2) is 0 Å². The number of anilines is 2. The number of aryl methyl sites for hydroxylation is 2. The molecule has 2 aromatic carbocycles. The number of nitrogens with zero attached hydrogens (tertiary/aromatic N) is 2. The highest BCUT2D eigenvalue weighted by Crippen LogP contribution is 2.40. The van der Waals surface area contributed by atoms with E-state index in [1.54, 1.807) is 29.2 Å². The number of allylic oxidation sites excluding steroid dienone is 2. The number of fused-ring (bicyclic) bond motifs is 1. The minimum Gasteiger partial charge on any atom is -0.426 e. The molecule has 0 spiro atoms. The summed E-state index contributed by atoms with van der Waals surface area (Å²) >= 11 is 0. The predicted octanol–water partition coefficient (Wildman–Crippen LogP) is 4.11. The minimum atomic E-state index is -0.566. The van der Waals surface area contributed by atoms with Gasteiger partial charge >= 0.3 is 5.97 Å². The lowest BCUT2D eigenvalue weighted by Gasteiger charge is -2.18. The first-order valence-electron chi connectivity index (χ1n) is 11.9. The topological polar surface area (TPSA) is 84.0 Å². The van der Waals surface area contributed by atoms with Crippen molar-refractivity contribution in [2.24, 2.45) is 17.8 Å². The average molecular weight is 473 g/mol. The van der Waals surface area contributed by atoms with E-state index in [9.17, 15) is 19.2 Å². The molecular formula is C28H28N2O5. The number of rotatable bonds is 4. The van der Waals surface area contributed by atoms with Crippen LogP contribution in [-0.4, -0.2) is 30.2 Å². The summed E-state index contributed by atoms with van der Waals surface area (Å²) in [6.07, 6.45) is 3.33. The molecule has 0 bridgehead atoms. The first-order chi connectivity index (χ1) is 16.7. The van der Waals surface area contributed by atoms with E-state index in [1.165, 1.54) is 4.90 Å². The smallest absolute Gasteiger partial charge is 0.316 e. The van der Waals surface area contributed by atoms with Crippen LogP contribution in [0, 0.1) is 31.6 Å². The van der Waals surface area contributed by atoms with Gasteiger partial charge < -0.3 is 9.64 Å². The van der Waals surface area contributed by atoms with Crippen molar-refractivity contribution in [2.45, 2.75) is 40.0 Å². The van der Waals surface area contributed by atoms with Crippen LogP contribution in [0.5, 0.6) is 5.75 Å². The van der Waals surface area contributed by atoms with Crippen molar-refractivity contribution in [3.05, 3.63) is 65.2 Å². The molecule has 3 amide bonds. The fraction of sp³-hybridized carbons (Fsp3) is 0.357. The third-order valence-corrected chi connectivity index (χ3v) is 7.11. The number of carbonyl (C=O) groups excluding carboxylic acids is 4. The minimum absolute atomic E-state index is 0.0942. The van der Waals surface area contributed by atoms with E-state index in [2.05, 4.69) is 0 Å². The van der Waals surface area contributed by atoms with Gasteiger partial charge in [-0.25, -0.2) is 0 Å². The number of carbonyl (C=O) groups is 4. The second-order valence-electron chi connectivity index (χ2n) is 9.88. The molecule has 1 aliphatic carbocycles. The molecule has 2 aliphatic heterocycles. The number of esters is 1. The highest BCUT2D eigenvalue weighted by Gasteiger charge is 2.48. The third kappa shape index (κ3) is 4.27. The van der Waals surface area contributed by atoms with E-state index in [1.807, 2.05) is 45.0 Å². The van der Waals surface area contributed by atoms with Crippen molar-refractivity contribution in [2.75, 3.05) is 16.3 Å². The number of hydrogen-bond acceptors (Lipinski definition) is 5. The normalized spacial score (nSPS) is 24.0. The Hall–Kier alpha value is -3.74. The van der Waals surface area contributed by atoms with Gasteiger partial charge in [-0.1, -0.05) is 17.7 Å². The van der Waals surface area contributed by atoms with Gasteiger partial charge in [0.25, 0.3) is 0 Å². The van der Waals surface area contributed by atoms with Gasteiger partial charge in [0.05, 0.1) is 23.4 Å². The molecule has 3 atom stereocenters. The Balaban J connectivity index is 1.25. The van der Waals surface area contributed by atoms with Crippen LogP contribution in [-0.2, 0) is 19.2 Å². The van der Waals surface area contributed by atoms with Crippen molar-refractivity contribution in [1.82, 2.24) is 0 Å². The van der Waals surface area contributed by atoms with E-state index in [-0.39, 0.29) is 42.5 Å². The van der Waals surface area contributed by atoms with Gasteiger partial charge in [-0.05, 0) is 81.1 Å². The summed E-state index contributed by atoms with van der Waals surface area (Å²) in [4.78, 5) is 54.0. The summed E-state index contributed by atoms with van der Waals surface area (Å²) in [6.45, 7) is 6.20. The van der Waals surface area contributed by atoms with Gasteiger partial charge in [0.2, 0.25) is 17.7 Å². The molecule has 0 saturated carbocycles. The number of ether oxygens (including phenoxy) is 1. The van der Waals surface area contributed by atoms with Crippen LogP contribution >= 0.6 is 0 Å². The van der Waals surface area contributed by atoms with Crippen molar-refractivity contribution in [3.8, 4) is 5.75 Å². The Morgan fingerprint density at radius 2 is 1.51 bits per heavy atom. The van der Waals surface area contributed by atoms with Gasteiger partial charge in [-0.2, -0.15) is 0 Å². The first kappa shape index (κ1) is 23.0. The maximum Gasteiger partial charge on any atom is 0.316 e. The molecule has 5 rings (SSSR count). The third-order valence-electron chi connectivity index (χ3n) is 7.11. The molecule has 7 heteroatoms. The molecule has 7 nitrogen and oxygen atoms in total. The van der Waals surface area contributed by atoms with E-state index >= 15 is 0 Å². The van der Waals surface area contributed by atoms with E-state index in [0.29, 0.717) is 24.3 Å². The lowest BCUT2D eigenvalue weighted by atomic mass is 9.82. The second kappa shape index (κ2) is 8.80. The SMILES string of the molecule is CC1=CC[C@@H]2C(=O)N(c3ccc(OC(=O)[C@H]4CC(=O)N(c5cc(C)cc(C)c5)C4)cc3)C(=O)[C@@H]2C1. The Kier molecular flexibility index (Phi) is 5.79. The highest BCUT2D eigenvalue weighted by molar-refractivity contribution is 6.22. The van der Waals surface area contributed by atoms with Gasteiger partial charge in [-0.15, -0.1) is 0 Å². The Morgan fingerprint density at radius 3 is 2.20 bits per heavy atom. The Labute approximate surface area is 204 Å². The van der Waals surface area contributed by atoms with Crippen LogP contribution in [0.1, 0.15) is 37.3 Å². The maximum atomic E-state index is 12.9. The van der Waals surface area contributed by atoms with Crippen molar-refractivity contribution in [1.29, 1.82) is 0 Å². The van der Waals surface area contributed by atoms with E-state index in [4.69, 9.17) is 4.74 Å².